The molecule has 2 rings (SSSR count). The van der Waals surface area contributed by atoms with Gasteiger partial charge in [0.2, 0.25) is 5.91 Å². The minimum absolute atomic E-state index is 0. The fraction of sp³-hybridized carbons (Fsp3) is 0.333. The van der Waals surface area contributed by atoms with E-state index in [4.69, 9.17) is 5.73 Å². The number of nitrogens with zero attached hydrogens (tertiary/aromatic N) is 2. The summed E-state index contributed by atoms with van der Waals surface area (Å²) in [5, 5.41) is 7.20. The second-order valence-corrected chi connectivity index (χ2v) is 4.92. The molecule has 0 unspecified atom stereocenters. The average Bonchev–Trinajstić information content (AvgIpc) is 2.64. The molecule has 0 bridgehead atoms. The van der Waals surface area contributed by atoms with Crippen LogP contribution in [0.25, 0.3) is 0 Å². The summed E-state index contributed by atoms with van der Waals surface area (Å²) in [5.41, 5.74) is 10.2. The summed E-state index contributed by atoms with van der Waals surface area (Å²) < 4.78 is 1.76. The molecule has 0 spiro atoms. The Morgan fingerprint density at radius 1 is 1.33 bits per heavy atom. The maximum atomic E-state index is 12.0. The summed E-state index contributed by atoms with van der Waals surface area (Å²) in [7, 11) is 1.86. The van der Waals surface area contributed by atoms with Crippen LogP contribution < -0.4 is 11.1 Å². The van der Waals surface area contributed by atoms with Gasteiger partial charge < -0.3 is 11.1 Å². The number of rotatable bonds is 4. The molecule has 1 amide bonds. The van der Waals surface area contributed by atoms with Crippen molar-refractivity contribution in [1.29, 1.82) is 0 Å². The molecule has 6 heteroatoms. The number of carbonyl (C=O) groups excluding carboxylic acids is 1. The lowest BCUT2D eigenvalue weighted by molar-refractivity contribution is -0.116. The first-order valence-corrected chi connectivity index (χ1v) is 6.62. The molecule has 21 heavy (non-hydrogen) atoms. The zero-order valence-corrected chi connectivity index (χ0v) is 13.3. The normalized spacial score (nSPS) is 10.0. The molecule has 0 fully saturated rings. The zero-order chi connectivity index (χ0) is 14.7. The van der Waals surface area contributed by atoms with Crippen molar-refractivity contribution in [3.8, 4) is 0 Å². The standard InChI is InChI=1S/C15H20N4O.ClH/c1-10-15(11(2)19(3)18-10)17-14(20)9-8-12-6-4-5-7-13(12)16;/h4-7H,8-9,16H2,1-3H3,(H,17,20);1H. The number of nitrogens with one attached hydrogen (secondary N) is 1. The van der Waals surface area contributed by atoms with E-state index in [0.29, 0.717) is 12.8 Å². The van der Waals surface area contributed by atoms with Crippen molar-refractivity contribution >= 4 is 29.7 Å². The summed E-state index contributed by atoms with van der Waals surface area (Å²) in [4.78, 5) is 12.0. The van der Waals surface area contributed by atoms with Crippen molar-refractivity contribution in [2.75, 3.05) is 11.1 Å². The number of nitrogen functional groups attached to an aromatic ring is 1. The Morgan fingerprint density at radius 3 is 2.57 bits per heavy atom. The highest BCUT2D eigenvalue weighted by Gasteiger charge is 2.12. The highest BCUT2D eigenvalue weighted by atomic mass is 35.5. The molecule has 0 atom stereocenters. The largest absolute Gasteiger partial charge is 0.399 e. The third-order valence-corrected chi connectivity index (χ3v) is 3.45. The van der Waals surface area contributed by atoms with E-state index in [-0.39, 0.29) is 18.3 Å². The van der Waals surface area contributed by atoms with Gasteiger partial charge in [0.1, 0.15) is 0 Å². The fourth-order valence-electron chi connectivity index (χ4n) is 2.17. The second-order valence-electron chi connectivity index (χ2n) is 4.92. The number of hydrogen-bond donors (Lipinski definition) is 2. The van der Waals surface area contributed by atoms with E-state index in [1.165, 1.54) is 0 Å². The molecule has 1 aromatic heterocycles. The number of aryl methyl sites for hydroxylation is 3. The van der Waals surface area contributed by atoms with Crippen LogP contribution in [0.1, 0.15) is 23.4 Å². The van der Waals surface area contributed by atoms with Gasteiger partial charge in [0.25, 0.3) is 0 Å². The lowest BCUT2D eigenvalue weighted by Crippen LogP contribution is -2.14. The van der Waals surface area contributed by atoms with Gasteiger partial charge in [0, 0.05) is 19.2 Å². The molecule has 5 nitrogen and oxygen atoms in total. The van der Waals surface area contributed by atoms with Crippen LogP contribution in [0, 0.1) is 13.8 Å². The topological polar surface area (TPSA) is 72.9 Å². The van der Waals surface area contributed by atoms with E-state index in [9.17, 15) is 4.79 Å². The summed E-state index contributed by atoms with van der Waals surface area (Å²) in [6.45, 7) is 3.82. The minimum Gasteiger partial charge on any atom is -0.399 e. The van der Waals surface area contributed by atoms with Crippen LogP contribution in [0.4, 0.5) is 11.4 Å². The molecule has 0 radical (unpaired) electrons. The van der Waals surface area contributed by atoms with Crippen molar-refractivity contribution in [2.24, 2.45) is 7.05 Å². The molecule has 0 saturated heterocycles. The van der Waals surface area contributed by atoms with Crippen molar-refractivity contribution in [1.82, 2.24) is 9.78 Å². The first kappa shape index (κ1) is 17.0. The zero-order valence-electron chi connectivity index (χ0n) is 12.5. The molecule has 1 heterocycles. The van der Waals surface area contributed by atoms with Gasteiger partial charge in [-0.05, 0) is 31.9 Å². The summed E-state index contributed by atoms with van der Waals surface area (Å²) >= 11 is 0. The van der Waals surface area contributed by atoms with E-state index in [2.05, 4.69) is 10.4 Å². The van der Waals surface area contributed by atoms with Crippen LogP contribution in [0.3, 0.4) is 0 Å². The number of amides is 1. The number of para-hydroxylation sites is 1. The number of nitrogens with two attached hydrogens (primary N) is 1. The van der Waals surface area contributed by atoms with Crippen molar-refractivity contribution in [3.05, 3.63) is 41.2 Å². The van der Waals surface area contributed by atoms with Gasteiger partial charge in [-0.25, -0.2) is 0 Å². The lowest BCUT2D eigenvalue weighted by atomic mass is 10.1. The first-order valence-electron chi connectivity index (χ1n) is 6.62. The van der Waals surface area contributed by atoms with Gasteiger partial charge in [-0.3, -0.25) is 9.48 Å². The maximum Gasteiger partial charge on any atom is 0.224 e. The SMILES string of the molecule is Cc1nn(C)c(C)c1NC(=O)CCc1ccccc1N.Cl. The Hall–Kier alpha value is -2.01. The Labute approximate surface area is 130 Å². The first-order chi connectivity index (χ1) is 9.49. The predicted octanol–water partition coefficient (Wildman–Crippen LogP) is 2.61. The van der Waals surface area contributed by atoms with E-state index in [0.717, 1.165) is 28.3 Å². The number of hydrogen-bond acceptors (Lipinski definition) is 3. The van der Waals surface area contributed by atoms with Gasteiger partial charge in [-0.1, -0.05) is 18.2 Å². The van der Waals surface area contributed by atoms with Gasteiger partial charge in [-0.2, -0.15) is 5.10 Å². The molecule has 0 aliphatic heterocycles. The van der Waals surface area contributed by atoms with E-state index >= 15 is 0 Å². The maximum absolute atomic E-state index is 12.0. The van der Waals surface area contributed by atoms with Crippen molar-refractivity contribution in [3.63, 3.8) is 0 Å². The smallest absolute Gasteiger partial charge is 0.224 e. The highest BCUT2D eigenvalue weighted by Crippen LogP contribution is 2.19. The number of benzene rings is 1. The number of halogens is 1. The summed E-state index contributed by atoms with van der Waals surface area (Å²) in [5.74, 6) is -0.0209. The van der Waals surface area contributed by atoms with Crippen LogP contribution in [-0.4, -0.2) is 15.7 Å². The lowest BCUT2D eigenvalue weighted by Gasteiger charge is -2.07. The van der Waals surface area contributed by atoms with E-state index in [1.54, 1.807) is 4.68 Å². The second kappa shape index (κ2) is 7.13. The molecule has 114 valence electrons. The third kappa shape index (κ3) is 3.98. The number of aromatic nitrogens is 2. The van der Waals surface area contributed by atoms with E-state index < -0.39 is 0 Å². The van der Waals surface area contributed by atoms with Crippen molar-refractivity contribution < 1.29 is 4.79 Å². The fourth-order valence-corrected chi connectivity index (χ4v) is 2.17. The van der Waals surface area contributed by atoms with Gasteiger partial charge in [0.15, 0.2) is 0 Å². The average molecular weight is 309 g/mol. The van der Waals surface area contributed by atoms with Gasteiger partial charge in [0.05, 0.1) is 17.1 Å². The Kier molecular flexibility index (Phi) is 5.79. The molecule has 2 aromatic rings. The van der Waals surface area contributed by atoms with Crippen LogP contribution >= 0.6 is 12.4 Å². The predicted molar refractivity (Wildman–Crippen MR) is 87.7 cm³/mol. The van der Waals surface area contributed by atoms with Gasteiger partial charge >= 0.3 is 0 Å². The van der Waals surface area contributed by atoms with Crippen LogP contribution in [0.5, 0.6) is 0 Å². The minimum atomic E-state index is -0.0209. The van der Waals surface area contributed by atoms with Crippen LogP contribution in [-0.2, 0) is 18.3 Å². The molecule has 0 aliphatic rings. The molecule has 0 saturated carbocycles. The number of carbonyl (C=O) groups is 1. The van der Waals surface area contributed by atoms with Crippen LogP contribution in [0.15, 0.2) is 24.3 Å². The quantitative estimate of drug-likeness (QED) is 0.853. The monoisotopic (exact) mass is 308 g/mol. The Bertz CT molecular complexity index is 637. The molecular weight excluding hydrogens is 288 g/mol. The molecular formula is C15H21ClN4O. The molecule has 3 N–H and O–H groups in total. The van der Waals surface area contributed by atoms with Crippen LogP contribution in [0.2, 0.25) is 0 Å². The summed E-state index contributed by atoms with van der Waals surface area (Å²) in [6, 6.07) is 7.62. The molecule has 0 aliphatic carbocycles. The number of anilines is 2. The Balaban J connectivity index is 0.00000220. The molecule has 1 aromatic carbocycles. The van der Waals surface area contributed by atoms with Gasteiger partial charge in [-0.15, -0.1) is 12.4 Å². The highest BCUT2D eigenvalue weighted by molar-refractivity contribution is 5.92. The van der Waals surface area contributed by atoms with E-state index in [1.807, 2.05) is 45.2 Å². The summed E-state index contributed by atoms with van der Waals surface area (Å²) in [6.07, 6.45) is 1.04. The Morgan fingerprint density at radius 2 is 2.00 bits per heavy atom. The van der Waals surface area contributed by atoms with Crippen molar-refractivity contribution in [2.45, 2.75) is 26.7 Å². The third-order valence-electron chi connectivity index (χ3n) is 3.45.